The third-order valence-corrected chi connectivity index (χ3v) is 5.91. The maximum Gasteiger partial charge on any atom is 0.311 e. The lowest BCUT2D eigenvalue weighted by Crippen LogP contribution is -2.43. The third-order valence-electron chi connectivity index (χ3n) is 5.91. The molecule has 0 aliphatic carbocycles. The highest BCUT2D eigenvalue weighted by Gasteiger charge is 2.37. The number of nitrogens with zero attached hydrogens (tertiary/aromatic N) is 2. The number of rotatable bonds is 5. The van der Waals surface area contributed by atoms with Crippen LogP contribution in [0.3, 0.4) is 0 Å². The van der Waals surface area contributed by atoms with Crippen molar-refractivity contribution in [1.29, 1.82) is 0 Å². The van der Waals surface area contributed by atoms with Crippen molar-refractivity contribution in [3.05, 3.63) is 29.3 Å². The molecule has 29 heavy (non-hydrogen) atoms. The van der Waals surface area contributed by atoms with Crippen molar-refractivity contribution >= 4 is 29.4 Å². The number of carbonyl (C=O) groups is 4. The number of aryl methyl sites for hydroxylation is 1. The van der Waals surface area contributed by atoms with Crippen molar-refractivity contribution in [2.75, 3.05) is 31.1 Å². The van der Waals surface area contributed by atoms with Gasteiger partial charge in [0.2, 0.25) is 11.8 Å². The molecule has 2 fully saturated rings. The van der Waals surface area contributed by atoms with E-state index in [9.17, 15) is 19.2 Å². The molecule has 0 spiro atoms. The fraction of sp³-hybridized carbons (Fsp3) is 0.524. The molecule has 1 aromatic rings. The first-order chi connectivity index (χ1) is 13.8. The lowest BCUT2D eigenvalue weighted by Gasteiger charge is -2.30. The number of benzene rings is 1. The largest absolute Gasteiger partial charge is 0.455 e. The second-order valence-electron chi connectivity index (χ2n) is 7.79. The van der Waals surface area contributed by atoms with Gasteiger partial charge in [0.05, 0.1) is 5.92 Å². The summed E-state index contributed by atoms with van der Waals surface area (Å²) in [7, 11) is 0. The highest BCUT2D eigenvalue weighted by molar-refractivity contribution is 6.00. The van der Waals surface area contributed by atoms with Crippen LogP contribution in [-0.2, 0) is 23.9 Å². The van der Waals surface area contributed by atoms with Crippen molar-refractivity contribution < 1.29 is 23.9 Å². The smallest absolute Gasteiger partial charge is 0.311 e. The van der Waals surface area contributed by atoms with Crippen LogP contribution < -0.4 is 10.6 Å². The van der Waals surface area contributed by atoms with Crippen molar-refractivity contribution in [1.82, 2.24) is 4.90 Å². The van der Waals surface area contributed by atoms with E-state index >= 15 is 0 Å². The summed E-state index contributed by atoms with van der Waals surface area (Å²) in [4.78, 5) is 51.5. The van der Waals surface area contributed by atoms with Gasteiger partial charge in [-0.2, -0.15) is 0 Å². The topological polar surface area (TPSA) is 110 Å². The van der Waals surface area contributed by atoms with E-state index in [1.807, 2.05) is 32.0 Å². The number of hydrogen-bond acceptors (Lipinski definition) is 5. The molecule has 156 valence electrons. The van der Waals surface area contributed by atoms with Crippen molar-refractivity contribution in [3.8, 4) is 0 Å². The minimum Gasteiger partial charge on any atom is -0.455 e. The fourth-order valence-corrected chi connectivity index (χ4v) is 3.88. The Bertz CT molecular complexity index is 830. The molecule has 0 bridgehead atoms. The zero-order chi connectivity index (χ0) is 21.1. The number of amides is 3. The maximum absolute atomic E-state index is 12.4. The summed E-state index contributed by atoms with van der Waals surface area (Å²) >= 11 is 0. The van der Waals surface area contributed by atoms with E-state index in [4.69, 9.17) is 10.5 Å². The fourth-order valence-electron chi connectivity index (χ4n) is 3.88. The number of ether oxygens (including phenoxy) is 1. The second kappa shape index (κ2) is 8.63. The van der Waals surface area contributed by atoms with Gasteiger partial charge in [-0.1, -0.05) is 12.1 Å². The molecule has 0 radical (unpaired) electrons. The van der Waals surface area contributed by atoms with Gasteiger partial charge < -0.3 is 20.3 Å². The Morgan fingerprint density at radius 1 is 1.14 bits per heavy atom. The summed E-state index contributed by atoms with van der Waals surface area (Å²) in [5.41, 5.74) is 8.18. The first-order valence-corrected chi connectivity index (χ1v) is 9.88. The number of esters is 1. The quantitative estimate of drug-likeness (QED) is 0.738. The molecule has 2 heterocycles. The van der Waals surface area contributed by atoms with E-state index in [2.05, 4.69) is 0 Å². The molecule has 0 unspecified atom stereocenters. The molecule has 8 nitrogen and oxygen atoms in total. The zero-order valence-corrected chi connectivity index (χ0v) is 16.8. The molecule has 2 N–H and O–H groups in total. The lowest BCUT2D eigenvalue weighted by atomic mass is 9.96. The Kier molecular flexibility index (Phi) is 6.20. The molecule has 0 saturated carbocycles. The number of nitrogens with two attached hydrogens (primary N) is 1. The number of hydrogen-bond donors (Lipinski definition) is 1. The zero-order valence-electron chi connectivity index (χ0n) is 16.8. The van der Waals surface area contributed by atoms with Crippen molar-refractivity contribution in [3.63, 3.8) is 0 Å². The van der Waals surface area contributed by atoms with Gasteiger partial charge in [0.1, 0.15) is 0 Å². The van der Waals surface area contributed by atoms with Crippen LogP contribution in [0.2, 0.25) is 0 Å². The monoisotopic (exact) mass is 401 g/mol. The van der Waals surface area contributed by atoms with Crippen LogP contribution in [0, 0.1) is 25.7 Å². The summed E-state index contributed by atoms with van der Waals surface area (Å²) in [5, 5.41) is 0. The van der Waals surface area contributed by atoms with Gasteiger partial charge in [0.25, 0.3) is 5.91 Å². The Balaban J connectivity index is 1.51. The SMILES string of the molecule is Cc1cccc(N2C[C@H](C(=O)OCC(=O)N3CCC(C(N)=O)CC3)CC2=O)c1C. The number of likely N-dealkylation sites (tertiary alicyclic amines) is 1. The average Bonchev–Trinajstić information content (AvgIpc) is 3.09. The van der Waals surface area contributed by atoms with Crippen LogP contribution in [0.1, 0.15) is 30.4 Å². The van der Waals surface area contributed by atoms with Crippen molar-refractivity contribution in [2.45, 2.75) is 33.1 Å². The summed E-state index contributed by atoms with van der Waals surface area (Å²) < 4.78 is 5.20. The van der Waals surface area contributed by atoms with E-state index in [0.717, 1.165) is 16.8 Å². The van der Waals surface area contributed by atoms with Crippen LogP contribution in [0.5, 0.6) is 0 Å². The number of primary amides is 1. The van der Waals surface area contributed by atoms with Gasteiger partial charge in [-0.15, -0.1) is 0 Å². The van der Waals surface area contributed by atoms with Gasteiger partial charge in [0, 0.05) is 37.7 Å². The summed E-state index contributed by atoms with van der Waals surface area (Å²) in [5.74, 6) is -2.09. The molecule has 3 rings (SSSR count). The number of carbonyl (C=O) groups excluding carboxylic acids is 4. The van der Waals surface area contributed by atoms with Crippen LogP contribution in [0.25, 0.3) is 0 Å². The standard InChI is InChI=1S/C21H27N3O5/c1-13-4-3-5-17(14(13)2)24-11-16(10-18(24)25)21(28)29-12-19(26)23-8-6-15(7-9-23)20(22)27/h3-5,15-16H,6-12H2,1-2H3,(H2,22,27)/t16-/m1/s1. The molecule has 2 aliphatic rings. The minimum atomic E-state index is -0.587. The summed E-state index contributed by atoms with van der Waals surface area (Å²) in [6.07, 6.45) is 1.12. The molecular formula is C21H27N3O5. The molecule has 1 atom stereocenters. The van der Waals surface area contributed by atoms with E-state index < -0.39 is 11.9 Å². The normalized spacial score (nSPS) is 20.1. The Labute approximate surface area is 170 Å². The van der Waals surface area contributed by atoms with E-state index in [-0.39, 0.29) is 43.2 Å². The molecule has 3 amide bonds. The van der Waals surface area contributed by atoms with Crippen LogP contribution in [-0.4, -0.2) is 54.8 Å². The highest BCUT2D eigenvalue weighted by Crippen LogP contribution is 2.29. The van der Waals surface area contributed by atoms with E-state index in [0.29, 0.717) is 25.9 Å². The molecule has 1 aromatic carbocycles. The van der Waals surface area contributed by atoms with Crippen LogP contribution >= 0.6 is 0 Å². The van der Waals surface area contributed by atoms with E-state index in [1.165, 1.54) is 0 Å². The lowest BCUT2D eigenvalue weighted by molar-refractivity contribution is -0.155. The molecule has 8 heteroatoms. The van der Waals surface area contributed by atoms with Gasteiger partial charge in [-0.25, -0.2) is 0 Å². The second-order valence-corrected chi connectivity index (χ2v) is 7.79. The van der Waals surface area contributed by atoms with E-state index in [1.54, 1.807) is 9.80 Å². The molecule has 2 saturated heterocycles. The Morgan fingerprint density at radius 2 is 1.83 bits per heavy atom. The molecule has 0 aromatic heterocycles. The van der Waals surface area contributed by atoms with Gasteiger partial charge in [0.15, 0.2) is 6.61 Å². The summed E-state index contributed by atoms with van der Waals surface area (Å²) in [6.45, 7) is 4.67. The van der Waals surface area contributed by atoms with Gasteiger partial charge >= 0.3 is 5.97 Å². The van der Waals surface area contributed by atoms with Gasteiger partial charge in [-0.3, -0.25) is 19.2 Å². The predicted molar refractivity (Wildman–Crippen MR) is 106 cm³/mol. The third kappa shape index (κ3) is 4.58. The molecular weight excluding hydrogens is 374 g/mol. The number of piperidine rings is 1. The average molecular weight is 401 g/mol. The predicted octanol–water partition coefficient (Wildman–Crippen LogP) is 0.923. The Hall–Kier alpha value is -2.90. The van der Waals surface area contributed by atoms with Crippen LogP contribution in [0.15, 0.2) is 18.2 Å². The van der Waals surface area contributed by atoms with Crippen molar-refractivity contribution in [2.24, 2.45) is 17.6 Å². The first-order valence-electron chi connectivity index (χ1n) is 9.88. The van der Waals surface area contributed by atoms with Gasteiger partial charge in [-0.05, 0) is 43.9 Å². The number of anilines is 1. The maximum atomic E-state index is 12.4. The molecule has 2 aliphatic heterocycles. The van der Waals surface area contributed by atoms with Crippen LogP contribution in [0.4, 0.5) is 5.69 Å². The first kappa shape index (κ1) is 20.8. The minimum absolute atomic E-state index is 0.0738. The summed E-state index contributed by atoms with van der Waals surface area (Å²) in [6, 6.07) is 5.73. The highest BCUT2D eigenvalue weighted by atomic mass is 16.5. The Morgan fingerprint density at radius 3 is 2.48 bits per heavy atom.